The number of aromatic nitrogens is 2. The monoisotopic (exact) mass is 377 g/mol. The topological polar surface area (TPSA) is 74.5 Å². The number of hydrogen-bond acceptors (Lipinski definition) is 3. The normalized spacial score (nSPS) is 11.4. The van der Waals surface area contributed by atoms with Gasteiger partial charge in [-0.2, -0.15) is 5.10 Å². The first-order chi connectivity index (χ1) is 13.7. The van der Waals surface area contributed by atoms with Crippen molar-refractivity contribution >= 4 is 5.96 Å². The van der Waals surface area contributed by atoms with Crippen molar-refractivity contribution in [2.45, 2.75) is 19.8 Å². The molecule has 0 radical (unpaired) electrons. The van der Waals surface area contributed by atoms with E-state index in [1.165, 1.54) is 5.56 Å². The van der Waals surface area contributed by atoms with Crippen LogP contribution in [0.25, 0.3) is 5.69 Å². The minimum Gasteiger partial charge on any atom is -0.508 e. The summed E-state index contributed by atoms with van der Waals surface area (Å²) in [6.07, 6.45) is 5.42. The van der Waals surface area contributed by atoms with Crippen LogP contribution in [0.15, 0.2) is 72.0 Å². The fraction of sp³-hybridized carbons (Fsp3) is 0.273. The number of nitrogens with one attached hydrogen (secondary N) is 2. The Labute approximate surface area is 165 Å². The Morgan fingerprint density at radius 2 is 1.89 bits per heavy atom. The molecule has 3 rings (SSSR count). The van der Waals surface area contributed by atoms with Gasteiger partial charge < -0.3 is 15.7 Å². The Morgan fingerprint density at radius 1 is 1.04 bits per heavy atom. The number of rotatable bonds is 8. The van der Waals surface area contributed by atoms with E-state index in [-0.39, 0.29) is 0 Å². The van der Waals surface area contributed by atoms with Gasteiger partial charge in [0.2, 0.25) is 0 Å². The molecule has 0 amide bonds. The number of phenols is 1. The molecule has 6 nitrogen and oxygen atoms in total. The van der Waals surface area contributed by atoms with Gasteiger partial charge in [-0.15, -0.1) is 0 Å². The van der Waals surface area contributed by atoms with Crippen LogP contribution in [0.1, 0.15) is 18.1 Å². The molecule has 0 saturated carbocycles. The van der Waals surface area contributed by atoms with Crippen molar-refractivity contribution in [1.82, 2.24) is 20.4 Å². The van der Waals surface area contributed by atoms with Gasteiger partial charge in [-0.05, 0) is 61.2 Å². The number of benzene rings is 2. The highest BCUT2D eigenvalue weighted by Crippen LogP contribution is 2.11. The smallest absolute Gasteiger partial charge is 0.191 e. The zero-order chi connectivity index (χ0) is 19.6. The summed E-state index contributed by atoms with van der Waals surface area (Å²) >= 11 is 0. The van der Waals surface area contributed by atoms with Gasteiger partial charge in [0.05, 0.1) is 5.69 Å². The van der Waals surface area contributed by atoms with E-state index in [4.69, 9.17) is 0 Å². The zero-order valence-electron chi connectivity index (χ0n) is 16.2. The average molecular weight is 377 g/mol. The quantitative estimate of drug-likeness (QED) is 0.417. The molecule has 0 spiro atoms. The maximum Gasteiger partial charge on any atom is 0.191 e. The van der Waals surface area contributed by atoms with Gasteiger partial charge in [-0.3, -0.25) is 4.99 Å². The molecular weight excluding hydrogens is 350 g/mol. The lowest BCUT2D eigenvalue weighted by Crippen LogP contribution is -2.38. The molecular formula is C22H27N5O. The van der Waals surface area contributed by atoms with Crippen LogP contribution in [0, 0.1) is 0 Å². The number of guanidine groups is 1. The Hall–Kier alpha value is -3.28. The number of nitrogens with zero attached hydrogens (tertiary/aromatic N) is 3. The van der Waals surface area contributed by atoms with Crippen molar-refractivity contribution in [1.29, 1.82) is 0 Å². The third-order valence-corrected chi connectivity index (χ3v) is 4.34. The summed E-state index contributed by atoms with van der Waals surface area (Å²) in [4.78, 5) is 4.66. The van der Waals surface area contributed by atoms with E-state index in [1.807, 2.05) is 29.1 Å². The molecule has 0 fully saturated rings. The van der Waals surface area contributed by atoms with Gasteiger partial charge >= 0.3 is 0 Å². The first kappa shape index (κ1) is 19.5. The standard InChI is InChI=1S/C22H27N5O/c1-2-23-22(25-15-12-19-5-3-6-21(28)17-19)24-14-11-18-7-9-20(10-8-18)27-16-4-13-26-27/h3-10,13,16-17,28H,2,11-12,14-15H2,1H3,(H2,23,24,25). The van der Waals surface area contributed by atoms with Crippen LogP contribution in [0.2, 0.25) is 0 Å². The molecule has 146 valence electrons. The summed E-state index contributed by atoms with van der Waals surface area (Å²) in [6, 6.07) is 17.7. The average Bonchev–Trinajstić information content (AvgIpc) is 3.23. The molecule has 28 heavy (non-hydrogen) atoms. The van der Waals surface area contributed by atoms with Crippen molar-refractivity contribution < 1.29 is 5.11 Å². The Morgan fingerprint density at radius 3 is 2.61 bits per heavy atom. The third kappa shape index (κ3) is 5.87. The number of hydrogen-bond donors (Lipinski definition) is 3. The fourth-order valence-electron chi connectivity index (χ4n) is 2.91. The minimum atomic E-state index is 0.302. The highest BCUT2D eigenvalue weighted by atomic mass is 16.3. The predicted octanol–water partition coefficient (Wildman–Crippen LogP) is 2.92. The third-order valence-electron chi connectivity index (χ3n) is 4.34. The van der Waals surface area contributed by atoms with E-state index < -0.39 is 0 Å². The van der Waals surface area contributed by atoms with Gasteiger partial charge in [0.1, 0.15) is 5.75 Å². The van der Waals surface area contributed by atoms with Crippen molar-refractivity contribution in [2.24, 2.45) is 4.99 Å². The van der Waals surface area contributed by atoms with Crippen LogP contribution in [0.3, 0.4) is 0 Å². The van der Waals surface area contributed by atoms with Crippen LogP contribution in [0.5, 0.6) is 5.75 Å². The van der Waals surface area contributed by atoms with E-state index in [9.17, 15) is 5.11 Å². The maximum absolute atomic E-state index is 9.54. The lowest BCUT2D eigenvalue weighted by molar-refractivity contribution is 0.474. The van der Waals surface area contributed by atoms with E-state index in [2.05, 4.69) is 51.9 Å². The lowest BCUT2D eigenvalue weighted by atomic mass is 10.1. The molecule has 0 saturated heterocycles. The van der Waals surface area contributed by atoms with Crippen molar-refractivity contribution in [3.63, 3.8) is 0 Å². The maximum atomic E-state index is 9.54. The van der Waals surface area contributed by atoms with E-state index >= 15 is 0 Å². The molecule has 0 bridgehead atoms. The van der Waals surface area contributed by atoms with Crippen LogP contribution < -0.4 is 10.6 Å². The highest BCUT2D eigenvalue weighted by Gasteiger charge is 2.00. The molecule has 0 atom stereocenters. The Balaban J connectivity index is 1.48. The molecule has 1 aromatic heterocycles. The van der Waals surface area contributed by atoms with Crippen LogP contribution >= 0.6 is 0 Å². The van der Waals surface area contributed by atoms with E-state index in [1.54, 1.807) is 18.3 Å². The molecule has 3 aromatic rings. The van der Waals surface area contributed by atoms with Gasteiger partial charge in [0.25, 0.3) is 0 Å². The number of phenolic OH excluding ortho intramolecular Hbond substituents is 1. The van der Waals surface area contributed by atoms with Gasteiger partial charge in [-0.25, -0.2) is 4.68 Å². The Kier molecular flexibility index (Phi) is 7.07. The molecule has 2 aromatic carbocycles. The lowest BCUT2D eigenvalue weighted by Gasteiger charge is -2.11. The molecule has 1 heterocycles. The van der Waals surface area contributed by atoms with Crippen LogP contribution in [0.4, 0.5) is 0 Å². The fourth-order valence-corrected chi connectivity index (χ4v) is 2.91. The summed E-state index contributed by atoms with van der Waals surface area (Å²) < 4.78 is 1.85. The van der Waals surface area contributed by atoms with Crippen molar-refractivity contribution in [2.75, 3.05) is 19.6 Å². The zero-order valence-corrected chi connectivity index (χ0v) is 16.2. The summed E-state index contributed by atoms with van der Waals surface area (Å²) in [6.45, 7) is 4.34. The molecule has 3 N–H and O–H groups in total. The second-order valence-electron chi connectivity index (χ2n) is 6.47. The van der Waals surface area contributed by atoms with E-state index in [0.29, 0.717) is 12.3 Å². The van der Waals surface area contributed by atoms with Gasteiger partial charge in [0, 0.05) is 32.0 Å². The van der Waals surface area contributed by atoms with Gasteiger partial charge in [0.15, 0.2) is 5.96 Å². The molecule has 0 aliphatic carbocycles. The second kappa shape index (κ2) is 10.2. The Bertz CT molecular complexity index is 872. The first-order valence-corrected chi connectivity index (χ1v) is 9.63. The molecule has 6 heteroatoms. The molecule has 0 aliphatic heterocycles. The summed E-state index contributed by atoms with van der Waals surface area (Å²) in [5, 5.41) is 20.4. The van der Waals surface area contributed by atoms with E-state index in [0.717, 1.165) is 43.1 Å². The summed E-state index contributed by atoms with van der Waals surface area (Å²) in [7, 11) is 0. The van der Waals surface area contributed by atoms with Crippen LogP contribution in [-0.2, 0) is 12.8 Å². The summed E-state index contributed by atoms with van der Waals surface area (Å²) in [5.74, 6) is 1.12. The van der Waals surface area contributed by atoms with Gasteiger partial charge in [-0.1, -0.05) is 24.3 Å². The second-order valence-corrected chi connectivity index (χ2v) is 6.47. The van der Waals surface area contributed by atoms with Crippen LogP contribution in [-0.4, -0.2) is 40.5 Å². The first-order valence-electron chi connectivity index (χ1n) is 9.63. The summed E-state index contributed by atoms with van der Waals surface area (Å²) in [5.41, 5.74) is 3.40. The minimum absolute atomic E-state index is 0.302. The SMILES string of the molecule is CCNC(=NCCc1ccc(-n2cccn2)cc1)NCCc1cccc(O)c1. The molecule has 0 unspecified atom stereocenters. The number of aromatic hydroxyl groups is 1. The highest BCUT2D eigenvalue weighted by molar-refractivity contribution is 5.79. The largest absolute Gasteiger partial charge is 0.508 e. The molecule has 0 aliphatic rings. The number of aliphatic imine (C=N–C) groups is 1. The van der Waals surface area contributed by atoms with Crippen molar-refractivity contribution in [3.8, 4) is 11.4 Å². The van der Waals surface area contributed by atoms with Crippen molar-refractivity contribution in [3.05, 3.63) is 78.1 Å². The predicted molar refractivity (Wildman–Crippen MR) is 113 cm³/mol.